The molecule has 0 saturated heterocycles. The van der Waals surface area contributed by atoms with E-state index in [9.17, 15) is 9.59 Å². The highest BCUT2D eigenvalue weighted by Gasteiger charge is 2.10. The Hall–Kier alpha value is -3.81. The molecule has 3 rings (SSSR count). The summed E-state index contributed by atoms with van der Waals surface area (Å²) in [6.45, 7) is 0.394. The number of benzene rings is 2. The number of aromatic nitrogens is 1. The van der Waals surface area contributed by atoms with Crippen LogP contribution in [0, 0.1) is 0 Å². The van der Waals surface area contributed by atoms with E-state index in [0.717, 1.165) is 0 Å². The molecule has 0 aliphatic carbocycles. The van der Waals surface area contributed by atoms with Gasteiger partial charge in [-0.15, -0.1) is 0 Å². The highest BCUT2D eigenvalue weighted by atomic mass is 16.5. The summed E-state index contributed by atoms with van der Waals surface area (Å²) in [5.74, 6) is 1.38. The number of carbonyl (C=O) groups excluding carboxylic acids is 2. The highest BCUT2D eigenvalue weighted by Crippen LogP contribution is 2.12. The monoisotopic (exact) mass is 395 g/mol. The minimum atomic E-state index is -0.238. The molecule has 0 saturated carbocycles. The first kappa shape index (κ1) is 19.9. The summed E-state index contributed by atoms with van der Waals surface area (Å²) in [7, 11) is 3.13. The van der Waals surface area contributed by atoms with E-state index in [1.165, 1.54) is 0 Å². The SMILES string of the molecule is COc1ccc(C(=O)NCc2cc(CNC(=O)c3ccc(OC)cc3)on2)cc1. The largest absolute Gasteiger partial charge is 0.497 e. The molecule has 2 N–H and O–H groups in total. The van der Waals surface area contributed by atoms with Crippen LogP contribution in [0.5, 0.6) is 11.5 Å². The second-order valence-electron chi connectivity index (χ2n) is 6.11. The Morgan fingerprint density at radius 1 is 0.828 bits per heavy atom. The fourth-order valence-electron chi connectivity index (χ4n) is 2.55. The van der Waals surface area contributed by atoms with Gasteiger partial charge >= 0.3 is 0 Å². The molecule has 0 spiro atoms. The molecule has 0 bridgehead atoms. The molecule has 0 aliphatic rings. The smallest absolute Gasteiger partial charge is 0.251 e. The molecule has 29 heavy (non-hydrogen) atoms. The molecule has 2 amide bonds. The van der Waals surface area contributed by atoms with E-state index < -0.39 is 0 Å². The third-order valence-corrected chi connectivity index (χ3v) is 4.17. The summed E-state index contributed by atoms with van der Waals surface area (Å²) in [5, 5.41) is 9.43. The molecule has 1 aromatic heterocycles. The molecular weight excluding hydrogens is 374 g/mol. The van der Waals surface area contributed by atoms with Crippen LogP contribution < -0.4 is 20.1 Å². The minimum Gasteiger partial charge on any atom is -0.497 e. The first-order chi connectivity index (χ1) is 14.1. The summed E-state index contributed by atoms with van der Waals surface area (Å²) < 4.78 is 15.3. The van der Waals surface area contributed by atoms with Crippen molar-refractivity contribution in [2.45, 2.75) is 13.1 Å². The first-order valence-electron chi connectivity index (χ1n) is 8.88. The molecule has 1 heterocycles. The number of carbonyl (C=O) groups is 2. The number of ether oxygens (including phenoxy) is 2. The lowest BCUT2D eigenvalue weighted by atomic mass is 10.2. The maximum absolute atomic E-state index is 12.2. The number of amides is 2. The first-order valence-corrected chi connectivity index (χ1v) is 8.88. The van der Waals surface area contributed by atoms with E-state index in [0.29, 0.717) is 34.1 Å². The molecule has 0 fully saturated rings. The van der Waals surface area contributed by atoms with Gasteiger partial charge in [0, 0.05) is 17.2 Å². The van der Waals surface area contributed by atoms with E-state index in [1.54, 1.807) is 68.8 Å². The second kappa shape index (κ2) is 9.41. The van der Waals surface area contributed by atoms with Crippen molar-refractivity contribution in [3.63, 3.8) is 0 Å². The Morgan fingerprint density at radius 2 is 1.31 bits per heavy atom. The van der Waals surface area contributed by atoms with E-state index in [1.807, 2.05) is 0 Å². The van der Waals surface area contributed by atoms with Gasteiger partial charge in [0.25, 0.3) is 11.8 Å². The summed E-state index contributed by atoms with van der Waals surface area (Å²) >= 11 is 0. The van der Waals surface area contributed by atoms with Crippen LogP contribution in [0.15, 0.2) is 59.1 Å². The van der Waals surface area contributed by atoms with Crippen LogP contribution in [0.1, 0.15) is 32.2 Å². The Bertz CT molecular complexity index is 887. The zero-order valence-corrected chi connectivity index (χ0v) is 16.1. The Kier molecular flexibility index (Phi) is 6.47. The lowest BCUT2D eigenvalue weighted by Crippen LogP contribution is -2.23. The predicted molar refractivity (Wildman–Crippen MR) is 105 cm³/mol. The maximum Gasteiger partial charge on any atom is 0.251 e. The van der Waals surface area contributed by atoms with E-state index in [-0.39, 0.29) is 24.9 Å². The third-order valence-electron chi connectivity index (χ3n) is 4.17. The van der Waals surface area contributed by atoms with Crippen LogP contribution in [0.2, 0.25) is 0 Å². The quantitative estimate of drug-likeness (QED) is 0.608. The minimum absolute atomic E-state index is 0.185. The van der Waals surface area contributed by atoms with E-state index in [2.05, 4.69) is 15.8 Å². The van der Waals surface area contributed by atoms with Gasteiger partial charge in [-0.3, -0.25) is 9.59 Å². The molecule has 8 nitrogen and oxygen atoms in total. The highest BCUT2D eigenvalue weighted by molar-refractivity contribution is 5.94. The topological polar surface area (TPSA) is 103 Å². The number of methoxy groups -OCH3 is 2. The van der Waals surface area contributed by atoms with Crippen LogP contribution in [0.3, 0.4) is 0 Å². The average Bonchev–Trinajstić information content (AvgIpc) is 3.23. The number of nitrogens with one attached hydrogen (secondary N) is 2. The molecular formula is C21H21N3O5. The Labute approximate surface area is 167 Å². The molecule has 0 atom stereocenters. The molecule has 3 aromatic rings. The van der Waals surface area contributed by atoms with Gasteiger partial charge in [0.05, 0.1) is 27.3 Å². The van der Waals surface area contributed by atoms with Gasteiger partial charge in [0.15, 0.2) is 5.76 Å². The van der Waals surface area contributed by atoms with Crippen molar-refractivity contribution in [3.05, 3.63) is 77.2 Å². The fraction of sp³-hybridized carbons (Fsp3) is 0.190. The average molecular weight is 395 g/mol. The molecule has 0 unspecified atom stereocenters. The van der Waals surface area contributed by atoms with Crippen molar-refractivity contribution < 1.29 is 23.6 Å². The molecule has 8 heteroatoms. The molecule has 150 valence electrons. The van der Waals surface area contributed by atoms with Gasteiger partial charge in [-0.05, 0) is 48.5 Å². The summed E-state index contributed by atoms with van der Waals surface area (Å²) in [6.07, 6.45) is 0. The van der Waals surface area contributed by atoms with Crippen molar-refractivity contribution in [2.24, 2.45) is 0 Å². The molecule has 2 aromatic carbocycles. The Morgan fingerprint density at radius 3 is 1.79 bits per heavy atom. The van der Waals surface area contributed by atoms with Crippen LogP contribution in [-0.4, -0.2) is 31.2 Å². The zero-order valence-electron chi connectivity index (χ0n) is 16.1. The maximum atomic E-state index is 12.2. The number of rotatable bonds is 8. The number of hydrogen-bond donors (Lipinski definition) is 2. The summed E-state index contributed by atoms with van der Waals surface area (Å²) in [6, 6.07) is 15.3. The van der Waals surface area contributed by atoms with Gasteiger partial charge in [-0.2, -0.15) is 0 Å². The molecule has 0 radical (unpaired) electrons. The van der Waals surface area contributed by atoms with Crippen LogP contribution in [0.25, 0.3) is 0 Å². The molecule has 0 aliphatic heterocycles. The van der Waals surface area contributed by atoms with Gasteiger partial charge < -0.3 is 24.6 Å². The van der Waals surface area contributed by atoms with Crippen molar-refractivity contribution in [3.8, 4) is 11.5 Å². The Balaban J connectivity index is 1.48. The van der Waals surface area contributed by atoms with E-state index >= 15 is 0 Å². The number of hydrogen-bond acceptors (Lipinski definition) is 6. The fourth-order valence-corrected chi connectivity index (χ4v) is 2.55. The predicted octanol–water partition coefficient (Wildman–Crippen LogP) is 2.55. The second-order valence-corrected chi connectivity index (χ2v) is 6.11. The van der Waals surface area contributed by atoms with Crippen LogP contribution in [0.4, 0.5) is 0 Å². The van der Waals surface area contributed by atoms with Gasteiger partial charge in [0.2, 0.25) is 0 Å². The lowest BCUT2D eigenvalue weighted by Gasteiger charge is -2.04. The van der Waals surface area contributed by atoms with E-state index in [4.69, 9.17) is 14.0 Å². The van der Waals surface area contributed by atoms with Crippen LogP contribution in [-0.2, 0) is 13.1 Å². The van der Waals surface area contributed by atoms with Crippen molar-refractivity contribution >= 4 is 11.8 Å². The lowest BCUT2D eigenvalue weighted by molar-refractivity contribution is 0.0939. The van der Waals surface area contributed by atoms with Crippen molar-refractivity contribution in [1.29, 1.82) is 0 Å². The zero-order chi connectivity index (χ0) is 20.6. The summed E-state index contributed by atoms with van der Waals surface area (Å²) in [4.78, 5) is 24.3. The normalized spacial score (nSPS) is 10.3. The third kappa shape index (κ3) is 5.35. The number of nitrogens with zero attached hydrogens (tertiary/aromatic N) is 1. The van der Waals surface area contributed by atoms with Crippen LogP contribution >= 0.6 is 0 Å². The van der Waals surface area contributed by atoms with Crippen molar-refractivity contribution in [2.75, 3.05) is 14.2 Å². The van der Waals surface area contributed by atoms with Gasteiger partial charge in [-0.1, -0.05) is 5.16 Å². The summed E-state index contributed by atoms with van der Waals surface area (Å²) in [5.41, 5.74) is 1.58. The standard InChI is InChI=1S/C21H21N3O5/c1-27-17-7-3-14(4-8-17)20(25)22-12-16-11-19(29-24-16)13-23-21(26)15-5-9-18(28-2)10-6-15/h3-11H,12-13H2,1-2H3,(H,22,25)(H,23,26). The van der Waals surface area contributed by atoms with Gasteiger partial charge in [-0.25, -0.2) is 0 Å². The van der Waals surface area contributed by atoms with Gasteiger partial charge in [0.1, 0.15) is 17.2 Å². The van der Waals surface area contributed by atoms with Crippen molar-refractivity contribution in [1.82, 2.24) is 15.8 Å².